The van der Waals surface area contributed by atoms with Gasteiger partial charge in [0.05, 0.1) is 0 Å². The molecule has 60 valence electrons. The summed E-state index contributed by atoms with van der Waals surface area (Å²) in [5.74, 6) is -1.35. The van der Waals surface area contributed by atoms with Gasteiger partial charge < -0.3 is 10.4 Å². The second-order valence-corrected chi connectivity index (χ2v) is 1.76. The molecule has 0 aromatic carbocycles. The second kappa shape index (κ2) is 5.05. The number of carbonyl (C=O) groups is 2. The Balaban J connectivity index is 0. The van der Waals surface area contributed by atoms with Crippen LogP contribution in [0, 0.1) is 0 Å². The molecular formula is C5H10ClNO3. The van der Waals surface area contributed by atoms with E-state index in [0.717, 1.165) is 0 Å². The predicted octanol–water partition coefficient (Wildman–Crippen LogP) is 0.0174. The molecule has 1 unspecified atom stereocenters. The Hall–Kier alpha value is -0.770. The van der Waals surface area contributed by atoms with E-state index in [1.165, 1.54) is 13.8 Å². The molecule has 0 aromatic heterocycles. The van der Waals surface area contributed by atoms with Crippen molar-refractivity contribution < 1.29 is 14.7 Å². The molecule has 0 aliphatic heterocycles. The molecule has 0 fully saturated rings. The molecule has 0 heterocycles. The van der Waals surface area contributed by atoms with Crippen molar-refractivity contribution in [1.82, 2.24) is 5.32 Å². The Bertz CT molecular complexity index is 137. The quantitative estimate of drug-likeness (QED) is 0.609. The molecule has 0 aliphatic carbocycles. The number of amides is 1. The van der Waals surface area contributed by atoms with Crippen LogP contribution in [0.2, 0.25) is 0 Å². The van der Waals surface area contributed by atoms with Crippen molar-refractivity contribution in [3.8, 4) is 0 Å². The lowest BCUT2D eigenvalue weighted by atomic mass is 10.3. The lowest BCUT2D eigenvalue weighted by Gasteiger charge is -2.04. The zero-order valence-corrected chi connectivity index (χ0v) is 6.57. The van der Waals surface area contributed by atoms with Crippen LogP contribution >= 0.6 is 12.4 Å². The lowest BCUT2D eigenvalue weighted by molar-refractivity contribution is -0.140. The van der Waals surface area contributed by atoms with Crippen molar-refractivity contribution in [2.24, 2.45) is 0 Å². The van der Waals surface area contributed by atoms with E-state index in [-0.39, 0.29) is 18.3 Å². The smallest absolute Gasteiger partial charge is 0.325 e. The van der Waals surface area contributed by atoms with Crippen molar-refractivity contribution in [3.63, 3.8) is 0 Å². The van der Waals surface area contributed by atoms with E-state index in [9.17, 15) is 9.59 Å². The van der Waals surface area contributed by atoms with Crippen LogP contribution in [0.1, 0.15) is 13.8 Å². The van der Waals surface area contributed by atoms with Gasteiger partial charge in [0.1, 0.15) is 6.04 Å². The van der Waals surface area contributed by atoms with E-state index in [2.05, 4.69) is 5.32 Å². The number of carboxylic acid groups (broad SMARTS) is 1. The van der Waals surface area contributed by atoms with Crippen LogP contribution in [-0.4, -0.2) is 23.0 Å². The van der Waals surface area contributed by atoms with Gasteiger partial charge in [0, 0.05) is 6.92 Å². The van der Waals surface area contributed by atoms with Gasteiger partial charge in [0.2, 0.25) is 5.91 Å². The van der Waals surface area contributed by atoms with Gasteiger partial charge in [-0.2, -0.15) is 0 Å². The molecule has 0 rings (SSSR count). The molecule has 0 saturated carbocycles. The van der Waals surface area contributed by atoms with Gasteiger partial charge in [0.15, 0.2) is 0 Å². The molecule has 1 atom stereocenters. The van der Waals surface area contributed by atoms with Gasteiger partial charge in [-0.15, -0.1) is 12.4 Å². The fourth-order valence-electron chi connectivity index (χ4n) is 0.367. The van der Waals surface area contributed by atoms with Crippen LogP contribution < -0.4 is 5.32 Å². The zero-order chi connectivity index (χ0) is 7.44. The zero-order valence-electron chi connectivity index (χ0n) is 5.75. The molecular weight excluding hydrogens is 158 g/mol. The van der Waals surface area contributed by atoms with Crippen LogP contribution in [0.4, 0.5) is 0 Å². The summed E-state index contributed by atoms with van der Waals surface area (Å²) in [4.78, 5) is 20.2. The van der Waals surface area contributed by atoms with Gasteiger partial charge in [-0.25, -0.2) is 0 Å². The summed E-state index contributed by atoms with van der Waals surface area (Å²) in [5.41, 5.74) is 0. The standard InChI is InChI=1S/C5H9NO3.ClH/c1-3(5(8)9)6-4(2)7;/h3H,1-2H3,(H,6,7)(H,8,9);1H. The molecule has 0 radical (unpaired) electrons. The number of halogens is 1. The predicted molar refractivity (Wildman–Crippen MR) is 38.2 cm³/mol. The summed E-state index contributed by atoms with van der Waals surface area (Å²) >= 11 is 0. The van der Waals surface area contributed by atoms with Gasteiger partial charge in [0.25, 0.3) is 0 Å². The number of carbonyl (C=O) groups excluding carboxylic acids is 1. The Kier molecular flexibility index (Phi) is 6.04. The topological polar surface area (TPSA) is 66.4 Å². The molecule has 0 bridgehead atoms. The third-order valence-corrected chi connectivity index (χ3v) is 0.790. The summed E-state index contributed by atoms with van der Waals surface area (Å²) in [6, 6.07) is -0.789. The highest BCUT2D eigenvalue weighted by atomic mass is 35.5. The van der Waals surface area contributed by atoms with Crippen molar-refractivity contribution in [3.05, 3.63) is 0 Å². The van der Waals surface area contributed by atoms with Crippen LogP contribution in [0.25, 0.3) is 0 Å². The Morgan fingerprint density at radius 2 is 1.90 bits per heavy atom. The molecule has 0 aromatic rings. The highest BCUT2D eigenvalue weighted by Crippen LogP contribution is 1.78. The fourth-order valence-corrected chi connectivity index (χ4v) is 0.367. The van der Waals surface area contributed by atoms with Crippen molar-refractivity contribution in [1.29, 1.82) is 0 Å². The van der Waals surface area contributed by atoms with Crippen LogP contribution in [-0.2, 0) is 9.59 Å². The second-order valence-electron chi connectivity index (χ2n) is 1.76. The van der Waals surface area contributed by atoms with Crippen molar-refractivity contribution >= 4 is 24.3 Å². The minimum atomic E-state index is -1.02. The maximum Gasteiger partial charge on any atom is 0.325 e. The minimum absolute atomic E-state index is 0. The average molecular weight is 168 g/mol. The molecule has 5 heteroatoms. The largest absolute Gasteiger partial charge is 0.480 e. The molecule has 2 N–H and O–H groups in total. The summed E-state index contributed by atoms with van der Waals surface area (Å²) in [6.45, 7) is 2.68. The lowest BCUT2D eigenvalue weighted by Crippen LogP contribution is -2.36. The number of rotatable bonds is 2. The van der Waals surface area contributed by atoms with E-state index in [0.29, 0.717) is 0 Å². The van der Waals surface area contributed by atoms with Crippen molar-refractivity contribution in [2.45, 2.75) is 19.9 Å². The van der Waals surface area contributed by atoms with Crippen LogP contribution in [0.15, 0.2) is 0 Å². The number of carboxylic acids is 1. The fraction of sp³-hybridized carbons (Fsp3) is 0.600. The highest BCUT2D eigenvalue weighted by molar-refractivity contribution is 5.85. The number of hydrogen-bond acceptors (Lipinski definition) is 2. The van der Waals surface area contributed by atoms with E-state index in [1.807, 2.05) is 0 Å². The molecule has 1 amide bonds. The summed E-state index contributed by atoms with van der Waals surface area (Å²) in [7, 11) is 0. The first kappa shape index (κ1) is 12.0. The maximum absolute atomic E-state index is 10.2. The number of hydrogen-bond donors (Lipinski definition) is 2. The summed E-state index contributed by atoms with van der Waals surface area (Å²) in [5, 5.41) is 10.4. The molecule has 0 aliphatic rings. The van der Waals surface area contributed by atoms with Crippen LogP contribution in [0.5, 0.6) is 0 Å². The molecule has 0 saturated heterocycles. The monoisotopic (exact) mass is 167 g/mol. The maximum atomic E-state index is 10.2. The highest BCUT2D eigenvalue weighted by Gasteiger charge is 2.09. The van der Waals surface area contributed by atoms with E-state index in [1.54, 1.807) is 0 Å². The first-order chi connectivity index (χ1) is 4.04. The summed E-state index contributed by atoms with van der Waals surface area (Å²) < 4.78 is 0. The third-order valence-electron chi connectivity index (χ3n) is 0.790. The van der Waals surface area contributed by atoms with E-state index >= 15 is 0 Å². The van der Waals surface area contributed by atoms with Gasteiger partial charge in [-0.1, -0.05) is 0 Å². The van der Waals surface area contributed by atoms with E-state index < -0.39 is 12.0 Å². The van der Waals surface area contributed by atoms with E-state index in [4.69, 9.17) is 5.11 Å². The SMILES string of the molecule is CC(=O)NC(C)C(=O)O.Cl. The van der Waals surface area contributed by atoms with Gasteiger partial charge >= 0.3 is 5.97 Å². The molecule has 10 heavy (non-hydrogen) atoms. The Morgan fingerprint density at radius 3 is 2.00 bits per heavy atom. The van der Waals surface area contributed by atoms with Gasteiger partial charge in [-0.3, -0.25) is 9.59 Å². The number of nitrogens with one attached hydrogen (secondary N) is 1. The minimum Gasteiger partial charge on any atom is -0.480 e. The Labute approximate surface area is 65.0 Å². The first-order valence-electron chi connectivity index (χ1n) is 2.54. The third kappa shape index (κ3) is 5.37. The van der Waals surface area contributed by atoms with Crippen LogP contribution in [0.3, 0.4) is 0 Å². The first-order valence-corrected chi connectivity index (χ1v) is 2.54. The molecule has 4 nitrogen and oxygen atoms in total. The van der Waals surface area contributed by atoms with Gasteiger partial charge in [-0.05, 0) is 6.92 Å². The Morgan fingerprint density at radius 1 is 1.50 bits per heavy atom. The van der Waals surface area contributed by atoms with Crippen molar-refractivity contribution in [2.75, 3.05) is 0 Å². The molecule has 0 spiro atoms. The average Bonchev–Trinajstić information content (AvgIpc) is 1.63. The summed E-state index contributed by atoms with van der Waals surface area (Å²) in [6.07, 6.45) is 0. The number of aliphatic carboxylic acids is 1. The normalized spacial score (nSPS) is 11.0.